The molecule has 0 spiro atoms. The van der Waals surface area contributed by atoms with Crippen molar-refractivity contribution in [1.29, 1.82) is 0 Å². The average molecular weight is 234 g/mol. The van der Waals surface area contributed by atoms with Gasteiger partial charge in [-0.2, -0.15) is 0 Å². The van der Waals surface area contributed by atoms with E-state index in [2.05, 4.69) is 0 Å². The molecule has 0 aliphatic rings. The molecule has 0 unspecified atom stereocenters. The third kappa shape index (κ3) is 2.96. The van der Waals surface area contributed by atoms with Gasteiger partial charge in [0.1, 0.15) is 11.5 Å². The molecule has 0 saturated heterocycles. The summed E-state index contributed by atoms with van der Waals surface area (Å²) >= 11 is 5.00. The van der Waals surface area contributed by atoms with Gasteiger partial charge >= 0.3 is 6.72 Å². The van der Waals surface area contributed by atoms with Gasteiger partial charge in [-0.05, 0) is 24.3 Å². The molecule has 0 atom stereocenters. The fraction of sp³-hybridized carbons (Fsp3) is 0.250. The van der Waals surface area contributed by atoms with E-state index in [4.69, 9.17) is 30.5 Å². The Morgan fingerprint density at radius 3 is 2.07 bits per heavy atom. The number of benzene rings is 1. The van der Waals surface area contributed by atoms with Crippen LogP contribution in [0.5, 0.6) is 11.5 Å². The molecule has 0 fully saturated rings. The summed E-state index contributed by atoms with van der Waals surface area (Å²) in [5.74, 6) is 0.676. The van der Waals surface area contributed by atoms with Gasteiger partial charge in [0.15, 0.2) is 0 Å². The first-order valence-corrected chi connectivity index (χ1v) is 6.35. The fourth-order valence-electron chi connectivity index (χ4n) is 0.785. The van der Waals surface area contributed by atoms with Crippen LogP contribution in [0.15, 0.2) is 24.3 Å². The van der Waals surface area contributed by atoms with Crippen molar-refractivity contribution in [2.45, 2.75) is 0 Å². The molecule has 0 aliphatic heterocycles. The van der Waals surface area contributed by atoms with Crippen LogP contribution in [0.3, 0.4) is 0 Å². The molecular formula is C8H11O4PS. The Balaban J connectivity index is 2.78. The summed E-state index contributed by atoms with van der Waals surface area (Å²) in [6.07, 6.45) is 0. The lowest BCUT2D eigenvalue weighted by Gasteiger charge is -2.17. The van der Waals surface area contributed by atoms with Gasteiger partial charge in [0.2, 0.25) is 0 Å². The van der Waals surface area contributed by atoms with Crippen molar-refractivity contribution in [3.05, 3.63) is 24.3 Å². The summed E-state index contributed by atoms with van der Waals surface area (Å²) < 4.78 is 15.2. The van der Waals surface area contributed by atoms with E-state index in [0.717, 1.165) is 0 Å². The standard InChI is InChI=1S/C8H11O4PS/c1-10-13(14,11-2)12-8-5-3-7(9)4-6-8/h3-6,9H,1-2H3. The molecule has 78 valence electrons. The lowest BCUT2D eigenvalue weighted by atomic mass is 10.3. The molecular weight excluding hydrogens is 223 g/mol. The number of aromatic hydroxyl groups is 1. The lowest BCUT2D eigenvalue weighted by molar-refractivity contribution is 0.273. The Morgan fingerprint density at radius 2 is 1.64 bits per heavy atom. The quantitative estimate of drug-likeness (QED) is 0.810. The largest absolute Gasteiger partial charge is 0.508 e. The number of hydrogen-bond acceptors (Lipinski definition) is 5. The van der Waals surface area contributed by atoms with E-state index in [1.54, 1.807) is 12.1 Å². The van der Waals surface area contributed by atoms with Crippen molar-refractivity contribution >= 4 is 18.5 Å². The van der Waals surface area contributed by atoms with E-state index in [1.165, 1.54) is 26.4 Å². The highest BCUT2D eigenvalue weighted by molar-refractivity contribution is 8.07. The predicted octanol–water partition coefficient (Wildman–Crippen LogP) is 2.29. The zero-order chi connectivity index (χ0) is 10.6. The van der Waals surface area contributed by atoms with Crippen LogP contribution in [0.1, 0.15) is 0 Å². The van der Waals surface area contributed by atoms with Gasteiger partial charge in [0, 0.05) is 26.0 Å². The van der Waals surface area contributed by atoms with Crippen molar-refractivity contribution in [3.8, 4) is 11.5 Å². The minimum atomic E-state index is -2.67. The summed E-state index contributed by atoms with van der Waals surface area (Å²) in [6, 6.07) is 6.18. The zero-order valence-corrected chi connectivity index (χ0v) is 9.55. The highest BCUT2D eigenvalue weighted by Gasteiger charge is 2.17. The van der Waals surface area contributed by atoms with Gasteiger partial charge in [0.05, 0.1) is 0 Å². The van der Waals surface area contributed by atoms with Crippen molar-refractivity contribution in [3.63, 3.8) is 0 Å². The predicted molar refractivity (Wildman–Crippen MR) is 57.0 cm³/mol. The maximum atomic E-state index is 9.03. The van der Waals surface area contributed by atoms with E-state index < -0.39 is 6.72 Å². The van der Waals surface area contributed by atoms with E-state index >= 15 is 0 Å². The second kappa shape index (κ2) is 4.75. The van der Waals surface area contributed by atoms with Gasteiger partial charge in [-0.25, -0.2) is 0 Å². The smallest absolute Gasteiger partial charge is 0.380 e. The number of phenolic OH excluding ortho intramolecular Hbond substituents is 1. The first kappa shape index (κ1) is 11.5. The molecule has 0 radical (unpaired) electrons. The second-order valence-corrected chi connectivity index (χ2v) is 5.55. The molecule has 14 heavy (non-hydrogen) atoms. The van der Waals surface area contributed by atoms with E-state index in [-0.39, 0.29) is 5.75 Å². The SMILES string of the molecule is COP(=S)(OC)Oc1ccc(O)cc1. The van der Waals surface area contributed by atoms with Crippen molar-refractivity contribution in [2.75, 3.05) is 14.2 Å². The molecule has 0 bridgehead atoms. The molecule has 0 aromatic heterocycles. The Hall–Kier alpha value is -0.610. The minimum absolute atomic E-state index is 0.167. The van der Waals surface area contributed by atoms with Crippen LogP contribution in [0.4, 0.5) is 0 Å². The fourth-order valence-corrected chi connectivity index (χ4v) is 1.72. The average Bonchev–Trinajstić information content (AvgIpc) is 2.21. The van der Waals surface area contributed by atoms with Gasteiger partial charge < -0.3 is 18.7 Å². The summed E-state index contributed by atoms with van der Waals surface area (Å²) in [5, 5.41) is 9.03. The maximum Gasteiger partial charge on any atom is 0.380 e. The van der Waals surface area contributed by atoms with Gasteiger partial charge in [-0.15, -0.1) is 0 Å². The zero-order valence-electron chi connectivity index (χ0n) is 7.84. The van der Waals surface area contributed by atoms with E-state index in [0.29, 0.717) is 5.75 Å². The molecule has 0 saturated carbocycles. The first-order chi connectivity index (χ1) is 6.59. The van der Waals surface area contributed by atoms with Crippen molar-refractivity contribution in [2.24, 2.45) is 0 Å². The molecule has 1 rings (SSSR count). The normalized spacial score (nSPS) is 11.3. The minimum Gasteiger partial charge on any atom is -0.508 e. The van der Waals surface area contributed by atoms with Crippen LogP contribution in [0.2, 0.25) is 0 Å². The molecule has 0 aliphatic carbocycles. The van der Waals surface area contributed by atoms with Gasteiger partial charge in [-0.3, -0.25) is 0 Å². The maximum absolute atomic E-state index is 9.03. The Labute approximate surface area is 87.7 Å². The van der Waals surface area contributed by atoms with E-state index in [9.17, 15) is 0 Å². The Bertz CT molecular complexity index is 330. The lowest BCUT2D eigenvalue weighted by Crippen LogP contribution is -1.96. The molecule has 1 aromatic carbocycles. The number of phenols is 1. The molecule has 1 aromatic rings. The van der Waals surface area contributed by atoms with Gasteiger partial charge in [-0.1, -0.05) is 0 Å². The van der Waals surface area contributed by atoms with Crippen LogP contribution in [-0.4, -0.2) is 19.3 Å². The third-order valence-corrected chi connectivity index (χ3v) is 3.95. The highest BCUT2D eigenvalue weighted by Crippen LogP contribution is 2.48. The summed E-state index contributed by atoms with van der Waals surface area (Å²) in [4.78, 5) is 0. The van der Waals surface area contributed by atoms with Crippen LogP contribution >= 0.6 is 6.72 Å². The Morgan fingerprint density at radius 1 is 1.14 bits per heavy atom. The molecule has 4 nitrogen and oxygen atoms in total. The number of hydrogen-bond donors (Lipinski definition) is 1. The second-order valence-electron chi connectivity index (χ2n) is 2.40. The highest BCUT2D eigenvalue weighted by atomic mass is 32.5. The Kier molecular flexibility index (Phi) is 3.89. The van der Waals surface area contributed by atoms with Crippen LogP contribution in [0, 0.1) is 0 Å². The third-order valence-electron chi connectivity index (χ3n) is 1.50. The monoisotopic (exact) mass is 234 g/mol. The molecule has 1 N–H and O–H groups in total. The molecule has 6 heteroatoms. The van der Waals surface area contributed by atoms with Crippen LogP contribution < -0.4 is 4.52 Å². The molecule has 0 heterocycles. The van der Waals surface area contributed by atoms with E-state index in [1.807, 2.05) is 0 Å². The molecule has 0 amide bonds. The summed E-state index contributed by atoms with van der Waals surface area (Å²) in [7, 11) is 2.87. The van der Waals surface area contributed by atoms with Crippen molar-refractivity contribution < 1.29 is 18.7 Å². The summed E-state index contributed by atoms with van der Waals surface area (Å²) in [6.45, 7) is -2.67. The van der Waals surface area contributed by atoms with Gasteiger partial charge in [0.25, 0.3) is 0 Å². The topological polar surface area (TPSA) is 47.9 Å². The first-order valence-electron chi connectivity index (χ1n) is 3.80. The van der Waals surface area contributed by atoms with Crippen molar-refractivity contribution in [1.82, 2.24) is 0 Å². The number of rotatable bonds is 4. The van der Waals surface area contributed by atoms with Crippen LogP contribution in [-0.2, 0) is 20.9 Å². The summed E-state index contributed by atoms with van der Waals surface area (Å²) in [5.41, 5.74) is 0. The van der Waals surface area contributed by atoms with Crippen LogP contribution in [0.25, 0.3) is 0 Å².